The van der Waals surface area contributed by atoms with Crippen LogP contribution in [0, 0.1) is 0 Å². The molecule has 0 aliphatic carbocycles. The van der Waals surface area contributed by atoms with Gasteiger partial charge in [0, 0.05) is 23.5 Å². The average Bonchev–Trinajstić information content (AvgIpc) is 3.47. The average molecular weight is 995 g/mol. The van der Waals surface area contributed by atoms with Gasteiger partial charge in [0.2, 0.25) is 0 Å². The first-order valence-corrected chi connectivity index (χ1v) is 23.9. The normalized spacial score (nSPS) is 12.2. The van der Waals surface area contributed by atoms with Crippen LogP contribution in [0.3, 0.4) is 0 Å². The number of aliphatic hydroxyl groups is 2. The van der Waals surface area contributed by atoms with Crippen LogP contribution in [0.4, 0.5) is 0 Å². The highest BCUT2D eigenvalue weighted by Crippen LogP contribution is 2.43. The minimum atomic E-state index is -1.18. The van der Waals surface area contributed by atoms with Crippen LogP contribution >= 0.6 is 0 Å². The lowest BCUT2D eigenvalue weighted by Gasteiger charge is -2.37. The number of nitrogens with zero attached hydrogens (tertiary/aromatic N) is 2. The van der Waals surface area contributed by atoms with Crippen molar-refractivity contribution in [2.75, 3.05) is 54.9 Å². The lowest BCUT2D eigenvalue weighted by molar-refractivity contribution is -0.00750. The number of pyridine rings is 2. The van der Waals surface area contributed by atoms with Gasteiger partial charge in [-0.3, -0.25) is 19.6 Å². The molecule has 2 aromatic heterocycles. The quantitative estimate of drug-likeness (QED) is 0.0451. The number of aromatic nitrogens is 2. The van der Waals surface area contributed by atoms with Crippen LogP contribution in [0.1, 0.15) is 54.1 Å². The Hall–Kier alpha value is -8.40. The van der Waals surface area contributed by atoms with Gasteiger partial charge in [0.15, 0.2) is 0 Å². The van der Waals surface area contributed by atoms with E-state index >= 15 is 0 Å². The van der Waals surface area contributed by atoms with E-state index in [1.165, 1.54) is 12.4 Å². The maximum atomic E-state index is 14.0. The first-order valence-electron chi connectivity index (χ1n) is 23.9. The Morgan fingerprint density at radius 1 is 0.432 bits per heavy atom. The first-order chi connectivity index (χ1) is 36.2. The van der Waals surface area contributed by atoms with E-state index in [9.17, 15) is 19.8 Å². The van der Waals surface area contributed by atoms with E-state index in [-0.39, 0.29) is 24.3 Å². The number of amides is 2. The Kier molecular flexibility index (Phi) is 17.1. The standard InChI is InChI=1S/C60H58N4O10/c1-69-51-23-15-45(16-24-51)59(43-11-7-5-8-12-43,46-17-25-52(70-2)26-18-46)73-39-49(37-65)63-57(67)41-31-33-61-55(35-41)56-36-42(32-34-62-56)58(68)64-50(38-66)40-74-60(44-13-9-6-10-14-44,47-19-27-53(71-3)28-20-47)48-21-29-54(72-4)30-22-48/h5-36,49-50,65-66H,37-40H2,1-4H3,(H,63,67)(H,64,68). The van der Waals surface area contributed by atoms with Crippen molar-refractivity contribution < 1.29 is 48.2 Å². The SMILES string of the molecule is COc1ccc(C(OCC(CO)NC(=O)c2ccnc(-c3cc(C(=O)NC(CO)COC(c4ccccc4)(c4ccc(OC)cc4)c4ccc(OC)cc4)ccn3)c2)(c2ccccc2)c2ccc(OC)cc2)cc1. The Morgan fingerprint density at radius 2 is 0.716 bits per heavy atom. The summed E-state index contributed by atoms with van der Waals surface area (Å²) in [6.07, 6.45) is 2.95. The van der Waals surface area contributed by atoms with Gasteiger partial charge in [-0.25, -0.2) is 0 Å². The summed E-state index contributed by atoms with van der Waals surface area (Å²) < 4.78 is 35.8. The molecule has 2 atom stereocenters. The van der Waals surface area contributed by atoms with Crippen LogP contribution in [0.2, 0.25) is 0 Å². The maximum Gasteiger partial charge on any atom is 0.251 e. The molecule has 8 rings (SSSR count). The monoisotopic (exact) mass is 994 g/mol. The number of aliphatic hydroxyl groups excluding tert-OH is 2. The van der Waals surface area contributed by atoms with Crippen LogP contribution in [-0.4, -0.2) is 98.9 Å². The van der Waals surface area contributed by atoms with Gasteiger partial charge in [-0.05, 0) is 106 Å². The van der Waals surface area contributed by atoms with Gasteiger partial charge in [-0.1, -0.05) is 109 Å². The van der Waals surface area contributed by atoms with E-state index in [0.717, 1.165) is 33.4 Å². The smallest absolute Gasteiger partial charge is 0.251 e. The van der Waals surface area contributed by atoms with Crippen molar-refractivity contribution in [1.29, 1.82) is 0 Å². The highest BCUT2D eigenvalue weighted by molar-refractivity contribution is 5.96. The van der Waals surface area contributed by atoms with Crippen LogP contribution in [0.5, 0.6) is 23.0 Å². The van der Waals surface area contributed by atoms with Gasteiger partial charge in [0.25, 0.3) is 11.8 Å². The summed E-state index contributed by atoms with van der Waals surface area (Å²) in [5, 5.41) is 27.3. The van der Waals surface area contributed by atoms with Crippen molar-refractivity contribution in [3.05, 3.63) is 239 Å². The summed E-state index contributed by atoms with van der Waals surface area (Å²) in [5.41, 5.74) is 3.54. The molecular weight excluding hydrogens is 937 g/mol. The lowest BCUT2D eigenvalue weighted by Crippen LogP contribution is -2.44. The minimum Gasteiger partial charge on any atom is -0.497 e. The molecule has 0 aliphatic rings. The fourth-order valence-corrected chi connectivity index (χ4v) is 8.84. The van der Waals surface area contributed by atoms with Crippen molar-refractivity contribution in [3.8, 4) is 34.4 Å². The van der Waals surface area contributed by atoms with Gasteiger partial charge in [0.1, 0.15) is 34.2 Å². The molecule has 14 nitrogen and oxygen atoms in total. The van der Waals surface area contributed by atoms with Gasteiger partial charge >= 0.3 is 0 Å². The number of carbonyl (C=O) groups excluding carboxylic acids is 2. The molecule has 0 saturated carbocycles. The zero-order valence-corrected chi connectivity index (χ0v) is 41.5. The van der Waals surface area contributed by atoms with Crippen molar-refractivity contribution in [3.63, 3.8) is 0 Å². The van der Waals surface area contributed by atoms with Crippen LogP contribution in [-0.2, 0) is 20.7 Å². The molecule has 0 aliphatic heterocycles. The van der Waals surface area contributed by atoms with E-state index in [1.54, 1.807) is 52.7 Å². The van der Waals surface area contributed by atoms with Gasteiger partial charge < -0.3 is 49.3 Å². The number of hydrogen-bond acceptors (Lipinski definition) is 12. The second kappa shape index (κ2) is 24.3. The van der Waals surface area contributed by atoms with Gasteiger partial charge in [0.05, 0.1) is 78.3 Å². The highest BCUT2D eigenvalue weighted by atomic mass is 16.5. The molecule has 14 heteroatoms. The molecule has 0 saturated heterocycles. The molecule has 378 valence electrons. The van der Waals surface area contributed by atoms with E-state index in [1.807, 2.05) is 158 Å². The molecule has 2 unspecified atom stereocenters. The lowest BCUT2D eigenvalue weighted by atomic mass is 9.80. The molecule has 4 N–H and O–H groups in total. The maximum absolute atomic E-state index is 14.0. The molecule has 2 amide bonds. The number of carbonyl (C=O) groups is 2. The Balaban J connectivity index is 0.997. The summed E-state index contributed by atoms with van der Waals surface area (Å²) in [6.45, 7) is -1.06. The molecule has 0 fully saturated rings. The molecule has 2 heterocycles. The molecule has 8 aromatic rings. The fraction of sp³-hybridized carbons (Fsp3) is 0.200. The van der Waals surface area contributed by atoms with Gasteiger partial charge in [-0.15, -0.1) is 0 Å². The van der Waals surface area contributed by atoms with Crippen LogP contribution in [0.15, 0.2) is 194 Å². The summed E-state index contributed by atoms with van der Waals surface area (Å²) in [7, 11) is 6.41. The molecule has 0 bridgehead atoms. The number of hydrogen-bond donors (Lipinski definition) is 4. The number of methoxy groups -OCH3 is 4. The molecular formula is C60H58N4O10. The van der Waals surface area contributed by atoms with Crippen LogP contribution in [0.25, 0.3) is 11.4 Å². The highest BCUT2D eigenvalue weighted by Gasteiger charge is 2.40. The van der Waals surface area contributed by atoms with Crippen molar-refractivity contribution >= 4 is 11.8 Å². The number of benzene rings is 6. The van der Waals surface area contributed by atoms with E-state index in [0.29, 0.717) is 34.4 Å². The number of nitrogens with one attached hydrogen (secondary N) is 2. The zero-order valence-electron chi connectivity index (χ0n) is 41.5. The third-order valence-electron chi connectivity index (χ3n) is 12.8. The second-order valence-electron chi connectivity index (χ2n) is 17.2. The van der Waals surface area contributed by atoms with E-state index in [4.69, 9.17) is 28.4 Å². The first kappa shape index (κ1) is 51.9. The molecule has 0 spiro atoms. The van der Waals surface area contributed by atoms with Crippen molar-refractivity contribution in [2.45, 2.75) is 23.3 Å². The van der Waals surface area contributed by atoms with Gasteiger partial charge in [-0.2, -0.15) is 0 Å². The summed E-state index contributed by atoms with van der Waals surface area (Å²) in [5.74, 6) is 1.69. The third-order valence-corrected chi connectivity index (χ3v) is 12.8. The van der Waals surface area contributed by atoms with Crippen molar-refractivity contribution in [1.82, 2.24) is 20.6 Å². The fourth-order valence-electron chi connectivity index (χ4n) is 8.84. The predicted octanol–water partition coefficient (Wildman–Crippen LogP) is 8.38. The summed E-state index contributed by atoms with van der Waals surface area (Å²) in [6, 6.07) is 54.3. The second-order valence-corrected chi connectivity index (χ2v) is 17.2. The number of ether oxygens (including phenoxy) is 6. The zero-order chi connectivity index (χ0) is 51.9. The van der Waals surface area contributed by atoms with E-state index in [2.05, 4.69) is 20.6 Å². The van der Waals surface area contributed by atoms with Crippen molar-refractivity contribution in [2.24, 2.45) is 0 Å². The third kappa shape index (κ3) is 11.4. The number of rotatable bonds is 23. The summed E-state index contributed by atoms with van der Waals surface area (Å²) in [4.78, 5) is 37.0. The molecule has 6 aromatic carbocycles. The molecule has 0 radical (unpaired) electrons. The van der Waals surface area contributed by atoms with E-state index < -0.39 is 48.3 Å². The Bertz CT molecular complexity index is 2760. The summed E-state index contributed by atoms with van der Waals surface area (Å²) >= 11 is 0. The molecule has 74 heavy (non-hydrogen) atoms. The largest absolute Gasteiger partial charge is 0.497 e. The topological polar surface area (TPSA) is 180 Å². The Morgan fingerprint density at radius 3 is 0.986 bits per heavy atom. The van der Waals surface area contributed by atoms with Crippen LogP contribution < -0.4 is 29.6 Å². The Labute approximate surface area is 430 Å². The predicted molar refractivity (Wildman–Crippen MR) is 281 cm³/mol. The minimum absolute atomic E-state index is 0.0953.